The van der Waals surface area contributed by atoms with Crippen molar-refractivity contribution in [2.75, 3.05) is 0 Å². The maximum Gasteiger partial charge on any atom is 0.258 e. The molecule has 1 aromatic carbocycles. The van der Waals surface area contributed by atoms with Gasteiger partial charge in [0.25, 0.3) is 8.32 Å². The fourth-order valence-corrected chi connectivity index (χ4v) is 8.90. The Balaban J connectivity index is 3.39. The largest absolute Gasteiger partial charge is 0.543 e. The van der Waals surface area contributed by atoms with Crippen LogP contribution in [0, 0.1) is 0 Å². The van der Waals surface area contributed by atoms with Gasteiger partial charge in [-0.3, -0.25) is 4.79 Å². The van der Waals surface area contributed by atoms with Crippen LogP contribution in [0.3, 0.4) is 0 Å². The highest BCUT2D eigenvalue weighted by atomic mass is 35.5. The Morgan fingerprint density at radius 2 is 1.55 bits per heavy atom. The molecule has 0 saturated carbocycles. The van der Waals surface area contributed by atoms with Crippen molar-refractivity contribution in [2.24, 2.45) is 0 Å². The van der Waals surface area contributed by atoms with E-state index in [1.54, 1.807) is 12.1 Å². The fourth-order valence-electron chi connectivity index (χ4n) is 3.46. The fraction of sp³-hybridized carbons (Fsp3) is 0.588. The molecule has 1 N–H and O–H groups in total. The van der Waals surface area contributed by atoms with Crippen molar-refractivity contribution in [1.82, 2.24) is 0 Å². The highest BCUT2D eigenvalue weighted by molar-refractivity contribution is 6.78. The van der Waals surface area contributed by atoms with E-state index in [-0.39, 0.29) is 22.1 Å². The van der Waals surface area contributed by atoms with Crippen LogP contribution in [0.2, 0.25) is 21.6 Å². The van der Waals surface area contributed by atoms with Crippen molar-refractivity contribution in [1.29, 1.82) is 0 Å². The van der Waals surface area contributed by atoms with Crippen molar-refractivity contribution in [3.05, 3.63) is 22.7 Å². The van der Waals surface area contributed by atoms with Gasteiger partial charge in [0.05, 0.1) is 10.6 Å². The van der Waals surface area contributed by atoms with Gasteiger partial charge in [0.2, 0.25) is 0 Å². The number of Topliss-reactive ketones (excluding diaryl/α,β-unsaturated/α-hetero) is 1. The number of hydrogen-bond acceptors (Lipinski definition) is 3. The molecule has 124 valence electrons. The van der Waals surface area contributed by atoms with E-state index in [0.29, 0.717) is 22.4 Å². The van der Waals surface area contributed by atoms with Gasteiger partial charge in [-0.05, 0) is 29.6 Å². The number of carbonyl (C=O) groups is 1. The molecule has 0 aliphatic carbocycles. The van der Waals surface area contributed by atoms with Crippen LogP contribution < -0.4 is 4.43 Å². The molecule has 0 radical (unpaired) electrons. The number of rotatable bonds is 6. The smallest absolute Gasteiger partial charge is 0.258 e. The number of aromatic hydroxyl groups is 1. The average Bonchev–Trinajstić information content (AvgIpc) is 2.37. The Bertz CT molecular complexity index is 531. The van der Waals surface area contributed by atoms with E-state index < -0.39 is 8.32 Å². The first kappa shape index (κ1) is 19.0. The van der Waals surface area contributed by atoms with Crippen LogP contribution in [0.5, 0.6) is 11.5 Å². The molecular weight excluding hydrogens is 316 g/mol. The van der Waals surface area contributed by atoms with Gasteiger partial charge in [0, 0.05) is 6.07 Å². The van der Waals surface area contributed by atoms with Crippen LogP contribution in [0.15, 0.2) is 12.1 Å². The van der Waals surface area contributed by atoms with Gasteiger partial charge in [0.15, 0.2) is 5.78 Å². The summed E-state index contributed by atoms with van der Waals surface area (Å²) in [6, 6.07) is 3.22. The number of carbonyl (C=O) groups excluding carboxylic acids is 1. The van der Waals surface area contributed by atoms with Crippen LogP contribution in [-0.2, 0) is 0 Å². The molecule has 5 heteroatoms. The second-order valence-electron chi connectivity index (χ2n) is 6.78. The summed E-state index contributed by atoms with van der Waals surface area (Å²) < 4.78 is 6.50. The molecule has 0 aromatic heterocycles. The van der Waals surface area contributed by atoms with Crippen LogP contribution >= 0.6 is 11.6 Å². The van der Waals surface area contributed by atoms with Gasteiger partial charge >= 0.3 is 0 Å². The third-order valence-electron chi connectivity index (χ3n) is 4.42. The second kappa shape index (κ2) is 7.05. The predicted octanol–water partition coefficient (Wildman–Crippen LogP) is 5.80. The zero-order valence-electron chi connectivity index (χ0n) is 14.5. The van der Waals surface area contributed by atoms with Gasteiger partial charge in [-0.25, -0.2) is 0 Å². The monoisotopic (exact) mass is 342 g/mol. The molecular formula is C17H27ClO3Si. The van der Waals surface area contributed by atoms with Gasteiger partial charge in [-0.1, -0.05) is 53.1 Å². The zero-order valence-corrected chi connectivity index (χ0v) is 16.3. The minimum absolute atomic E-state index is 0.155. The van der Waals surface area contributed by atoms with Crippen LogP contribution in [0.25, 0.3) is 0 Å². The lowest BCUT2D eigenvalue weighted by Gasteiger charge is -2.42. The molecule has 0 aliphatic heterocycles. The highest BCUT2D eigenvalue weighted by Crippen LogP contribution is 2.44. The van der Waals surface area contributed by atoms with Crippen molar-refractivity contribution in [2.45, 2.75) is 65.1 Å². The van der Waals surface area contributed by atoms with Crippen LogP contribution in [-0.4, -0.2) is 19.2 Å². The quantitative estimate of drug-likeness (QED) is 0.524. The summed E-state index contributed by atoms with van der Waals surface area (Å²) in [5.41, 5.74) is 1.46. The summed E-state index contributed by atoms with van der Waals surface area (Å²) in [5.74, 6) is 0.180. The summed E-state index contributed by atoms with van der Waals surface area (Å²) >= 11 is 6.06. The Labute approximate surface area is 139 Å². The Hall–Kier alpha value is -1.00. The van der Waals surface area contributed by atoms with E-state index in [4.69, 9.17) is 16.0 Å². The highest BCUT2D eigenvalue weighted by Gasteiger charge is 2.47. The molecule has 3 nitrogen and oxygen atoms in total. The number of phenolic OH excluding ortho intramolecular Hbond substituents is 1. The number of halogens is 1. The SMILES string of the molecule is CC(=O)c1cc(O[Si](C(C)C)(C(C)C)C(C)C)cc(Cl)c1O. The lowest BCUT2D eigenvalue weighted by molar-refractivity contribution is 0.101. The molecule has 1 aromatic rings. The van der Waals surface area contributed by atoms with E-state index in [1.165, 1.54) is 6.92 Å². The number of benzene rings is 1. The van der Waals surface area contributed by atoms with E-state index in [2.05, 4.69) is 41.5 Å². The summed E-state index contributed by atoms with van der Waals surface area (Å²) in [5, 5.41) is 10.1. The molecule has 0 aliphatic rings. The molecule has 22 heavy (non-hydrogen) atoms. The maximum atomic E-state index is 11.7. The Kier molecular flexibility index (Phi) is 6.10. The summed E-state index contributed by atoms with van der Waals surface area (Å²) in [7, 11) is -2.12. The molecule has 0 bridgehead atoms. The molecule has 1 rings (SSSR count). The van der Waals surface area contributed by atoms with Gasteiger partial charge in [-0.2, -0.15) is 0 Å². The number of hydrogen-bond donors (Lipinski definition) is 1. The van der Waals surface area contributed by atoms with Gasteiger partial charge < -0.3 is 9.53 Å². The number of ketones is 1. The normalized spacial score (nSPS) is 12.3. The Morgan fingerprint density at radius 3 is 1.91 bits per heavy atom. The second-order valence-corrected chi connectivity index (χ2v) is 12.6. The molecule has 0 unspecified atom stereocenters. The third-order valence-corrected chi connectivity index (χ3v) is 10.7. The molecule has 0 atom stereocenters. The molecule has 0 amide bonds. The topological polar surface area (TPSA) is 46.5 Å². The Morgan fingerprint density at radius 1 is 1.09 bits per heavy atom. The van der Waals surface area contributed by atoms with Crippen LogP contribution in [0.1, 0.15) is 58.8 Å². The van der Waals surface area contributed by atoms with E-state index in [1.807, 2.05) is 0 Å². The minimum Gasteiger partial charge on any atom is -0.543 e. The number of phenols is 1. The molecule has 0 spiro atoms. The van der Waals surface area contributed by atoms with E-state index >= 15 is 0 Å². The summed E-state index contributed by atoms with van der Waals surface area (Å²) in [6.45, 7) is 14.6. The maximum absolute atomic E-state index is 11.7. The first-order chi connectivity index (χ1) is 10.0. The molecule has 0 saturated heterocycles. The lowest BCUT2D eigenvalue weighted by atomic mass is 10.1. The van der Waals surface area contributed by atoms with E-state index in [0.717, 1.165) is 0 Å². The molecule has 0 heterocycles. The van der Waals surface area contributed by atoms with Crippen molar-refractivity contribution >= 4 is 25.7 Å². The zero-order chi connectivity index (χ0) is 17.2. The average molecular weight is 343 g/mol. The van der Waals surface area contributed by atoms with Crippen molar-refractivity contribution < 1.29 is 14.3 Å². The van der Waals surface area contributed by atoms with Crippen molar-refractivity contribution in [3.63, 3.8) is 0 Å². The summed E-state index contributed by atoms with van der Waals surface area (Å²) in [4.78, 5) is 11.7. The predicted molar refractivity (Wildman–Crippen MR) is 94.8 cm³/mol. The minimum atomic E-state index is -2.12. The molecule has 0 fully saturated rings. The lowest BCUT2D eigenvalue weighted by Crippen LogP contribution is -2.50. The van der Waals surface area contributed by atoms with Crippen LogP contribution in [0.4, 0.5) is 0 Å². The standard InChI is InChI=1S/C17H27ClO3Si/c1-10(2)22(11(3)4,12(5)6)21-14-8-15(13(7)19)17(20)16(18)9-14/h8-12,20H,1-7H3. The van der Waals surface area contributed by atoms with E-state index in [9.17, 15) is 9.90 Å². The van der Waals surface area contributed by atoms with Gasteiger partial charge in [0.1, 0.15) is 11.5 Å². The van der Waals surface area contributed by atoms with Gasteiger partial charge in [-0.15, -0.1) is 0 Å². The first-order valence-corrected chi connectivity index (χ1v) is 10.3. The first-order valence-electron chi connectivity index (χ1n) is 7.76. The van der Waals surface area contributed by atoms with Crippen molar-refractivity contribution in [3.8, 4) is 11.5 Å². The third kappa shape index (κ3) is 3.49. The summed E-state index contributed by atoms with van der Waals surface area (Å²) in [6.07, 6.45) is 0.